The van der Waals surface area contributed by atoms with Gasteiger partial charge in [0, 0.05) is 5.92 Å². The molecule has 72 valence electrons. The zero-order valence-corrected chi connectivity index (χ0v) is 6.86. The van der Waals surface area contributed by atoms with Gasteiger partial charge in [0.05, 0.1) is 5.92 Å². The molecule has 0 spiro atoms. The summed E-state index contributed by atoms with van der Waals surface area (Å²) < 4.78 is 25.0. The Hall–Kier alpha value is -0.930. The van der Waals surface area contributed by atoms with Crippen molar-refractivity contribution < 1.29 is 18.7 Å². The quantitative estimate of drug-likeness (QED) is 0.670. The van der Waals surface area contributed by atoms with Gasteiger partial charge in [0.1, 0.15) is 0 Å². The maximum atomic E-state index is 12.5. The van der Waals surface area contributed by atoms with Gasteiger partial charge in [-0.15, -0.1) is 0 Å². The minimum atomic E-state index is -2.51. The van der Waals surface area contributed by atoms with Gasteiger partial charge < -0.3 is 5.11 Å². The first-order chi connectivity index (χ1) is 6.11. The van der Waals surface area contributed by atoms with E-state index >= 15 is 0 Å². The molecular formula is C9H10F2O2. The number of carboxylic acid groups (broad SMARTS) is 1. The first-order valence-corrected chi connectivity index (χ1v) is 4.30. The number of aliphatic carboxylic acids is 1. The summed E-state index contributed by atoms with van der Waals surface area (Å²) in [5, 5.41) is 8.79. The molecule has 1 fully saturated rings. The van der Waals surface area contributed by atoms with Crippen LogP contribution in [0.2, 0.25) is 0 Å². The van der Waals surface area contributed by atoms with Gasteiger partial charge in [0.2, 0.25) is 6.43 Å². The Morgan fingerprint density at radius 3 is 2.46 bits per heavy atom. The SMILES string of the molecule is O=C(O)C1C2C=CC(C2)C1C(F)F. The molecule has 1 saturated carbocycles. The number of hydrogen-bond acceptors (Lipinski definition) is 1. The number of rotatable bonds is 2. The lowest BCUT2D eigenvalue weighted by Gasteiger charge is -2.23. The standard InChI is InChI=1S/C9H10F2O2/c10-8(11)6-4-1-2-5(3-4)7(6)9(12)13/h1-2,4-8H,3H2,(H,12,13). The van der Waals surface area contributed by atoms with Crippen LogP contribution in [-0.2, 0) is 4.79 Å². The molecule has 0 aromatic heterocycles. The molecule has 2 rings (SSSR count). The van der Waals surface area contributed by atoms with Crippen molar-refractivity contribution in [3.05, 3.63) is 12.2 Å². The zero-order valence-electron chi connectivity index (χ0n) is 6.86. The molecule has 1 N–H and O–H groups in total. The molecule has 0 amide bonds. The highest BCUT2D eigenvalue weighted by atomic mass is 19.3. The molecular weight excluding hydrogens is 178 g/mol. The highest BCUT2D eigenvalue weighted by molar-refractivity contribution is 5.72. The Kier molecular flexibility index (Phi) is 1.86. The van der Waals surface area contributed by atoms with E-state index in [0.29, 0.717) is 6.42 Å². The van der Waals surface area contributed by atoms with Gasteiger partial charge in [-0.3, -0.25) is 4.79 Å². The summed E-state index contributed by atoms with van der Waals surface area (Å²) in [7, 11) is 0. The highest BCUT2D eigenvalue weighted by Gasteiger charge is 2.52. The predicted molar refractivity (Wildman–Crippen MR) is 41.4 cm³/mol. The van der Waals surface area contributed by atoms with Crippen LogP contribution in [0.15, 0.2) is 12.2 Å². The molecule has 13 heavy (non-hydrogen) atoms. The molecule has 2 nitrogen and oxygen atoms in total. The van der Waals surface area contributed by atoms with Crippen LogP contribution < -0.4 is 0 Å². The lowest BCUT2D eigenvalue weighted by molar-refractivity contribution is -0.146. The van der Waals surface area contributed by atoms with Gasteiger partial charge >= 0.3 is 5.97 Å². The van der Waals surface area contributed by atoms with Crippen LogP contribution in [0.25, 0.3) is 0 Å². The number of allylic oxidation sites excluding steroid dienone is 2. The second-order valence-electron chi connectivity index (χ2n) is 3.72. The monoisotopic (exact) mass is 188 g/mol. The summed E-state index contributed by atoms with van der Waals surface area (Å²) in [5.41, 5.74) is 0. The van der Waals surface area contributed by atoms with E-state index in [-0.39, 0.29) is 11.8 Å². The molecule has 2 aliphatic carbocycles. The molecule has 0 radical (unpaired) electrons. The van der Waals surface area contributed by atoms with Gasteiger partial charge in [-0.1, -0.05) is 12.2 Å². The van der Waals surface area contributed by atoms with Gasteiger partial charge in [-0.2, -0.15) is 0 Å². The van der Waals surface area contributed by atoms with Crippen molar-refractivity contribution in [1.82, 2.24) is 0 Å². The third-order valence-electron chi connectivity index (χ3n) is 3.10. The summed E-state index contributed by atoms with van der Waals surface area (Å²) in [6.07, 6.45) is 1.58. The molecule has 0 saturated heterocycles. The third-order valence-corrected chi connectivity index (χ3v) is 3.10. The fourth-order valence-electron chi connectivity index (χ4n) is 2.55. The first-order valence-electron chi connectivity index (χ1n) is 4.30. The minimum absolute atomic E-state index is 0.165. The summed E-state index contributed by atoms with van der Waals surface area (Å²) in [6.45, 7) is 0. The maximum absolute atomic E-state index is 12.5. The van der Waals surface area contributed by atoms with E-state index in [1.54, 1.807) is 12.2 Å². The molecule has 0 aliphatic heterocycles. The molecule has 4 heteroatoms. The van der Waals surface area contributed by atoms with Crippen LogP contribution in [0.5, 0.6) is 0 Å². The average Bonchev–Trinajstić information content (AvgIpc) is 2.60. The third kappa shape index (κ3) is 1.16. The Morgan fingerprint density at radius 2 is 2.00 bits per heavy atom. The van der Waals surface area contributed by atoms with Crippen molar-refractivity contribution in [2.45, 2.75) is 12.8 Å². The maximum Gasteiger partial charge on any atom is 0.307 e. The summed E-state index contributed by atoms with van der Waals surface area (Å²) >= 11 is 0. The van der Waals surface area contributed by atoms with E-state index in [2.05, 4.69) is 0 Å². The molecule has 0 aromatic carbocycles. The number of halogens is 2. The summed E-state index contributed by atoms with van der Waals surface area (Å²) in [6, 6.07) is 0. The first kappa shape index (κ1) is 8.66. The van der Waals surface area contributed by atoms with E-state index in [1.165, 1.54) is 0 Å². The van der Waals surface area contributed by atoms with Crippen LogP contribution >= 0.6 is 0 Å². The number of alkyl halides is 2. The van der Waals surface area contributed by atoms with Gasteiger partial charge in [0.25, 0.3) is 0 Å². The fourth-order valence-corrected chi connectivity index (χ4v) is 2.55. The van der Waals surface area contributed by atoms with Crippen molar-refractivity contribution in [2.24, 2.45) is 23.7 Å². The van der Waals surface area contributed by atoms with E-state index in [0.717, 1.165) is 0 Å². The van der Waals surface area contributed by atoms with Crippen molar-refractivity contribution in [3.63, 3.8) is 0 Å². The Balaban J connectivity index is 2.25. The number of fused-ring (bicyclic) bond motifs is 2. The fraction of sp³-hybridized carbons (Fsp3) is 0.667. The molecule has 4 atom stereocenters. The highest BCUT2D eigenvalue weighted by Crippen LogP contribution is 2.50. The minimum Gasteiger partial charge on any atom is -0.481 e. The van der Waals surface area contributed by atoms with E-state index < -0.39 is 24.2 Å². The smallest absolute Gasteiger partial charge is 0.307 e. The lowest BCUT2D eigenvalue weighted by atomic mass is 9.83. The summed E-state index contributed by atoms with van der Waals surface area (Å²) in [5.74, 6) is -3.29. The van der Waals surface area contributed by atoms with Crippen LogP contribution in [0, 0.1) is 23.7 Å². The van der Waals surface area contributed by atoms with Crippen molar-refractivity contribution in [2.75, 3.05) is 0 Å². The molecule has 2 bridgehead atoms. The molecule has 4 unspecified atom stereocenters. The molecule has 0 heterocycles. The van der Waals surface area contributed by atoms with Crippen LogP contribution in [0.3, 0.4) is 0 Å². The Labute approximate surface area is 74.2 Å². The van der Waals surface area contributed by atoms with E-state index in [1.807, 2.05) is 0 Å². The van der Waals surface area contributed by atoms with Crippen molar-refractivity contribution in [3.8, 4) is 0 Å². The van der Waals surface area contributed by atoms with Gasteiger partial charge in [-0.25, -0.2) is 8.78 Å². The number of carboxylic acids is 1. The second kappa shape index (κ2) is 2.79. The molecule has 2 aliphatic rings. The van der Waals surface area contributed by atoms with Crippen molar-refractivity contribution in [1.29, 1.82) is 0 Å². The number of carbonyl (C=O) groups is 1. The van der Waals surface area contributed by atoms with Gasteiger partial charge in [0.15, 0.2) is 0 Å². The average molecular weight is 188 g/mol. The van der Waals surface area contributed by atoms with Crippen LogP contribution in [0.4, 0.5) is 8.78 Å². The lowest BCUT2D eigenvalue weighted by Crippen LogP contribution is -2.31. The Bertz CT molecular complexity index is 262. The topological polar surface area (TPSA) is 37.3 Å². The predicted octanol–water partition coefficient (Wildman–Crippen LogP) is 1.77. The summed E-state index contributed by atoms with van der Waals surface area (Å²) in [4.78, 5) is 10.7. The van der Waals surface area contributed by atoms with E-state index in [4.69, 9.17) is 5.11 Å². The largest absolute Gasteiger partial charge is 0.481 e. The zero-order chi connectivity index (χ0) is 9.59. The normalized spacial score (nSPS) is 41.8. The number of hydrogen-bond donors (Lipinski definition) is 1. The van der Waals surface area contributed by atoms with Gasteiger partial charge in [-0.05, 0) is 18.3 Å². The van der Waals surface area contributed by atoms with Crippen LogP contribution in [0.1, 0.15) is 6.42 Å². The second-order valence-corrected chi connectivity index (χ2v) is 3.72. The van der Waals surface area contributed by atoms with Crippen molar-refractivity contribution >= 4 is 5.97 Å². The Morgan fingerprint density at radius 1 is 1.38 bits per heavy atom. The van der Waals surface area contributed by atoms with Crippen LogP contribution in [-0.4, -0.2) is 17.5 Å². The molecule has 0 aromatic rings. The van der Waals surface area contributed by atoms with E-state index in [9.17, 15) is 13.6 Å².